The molecule has 2 nitrogen and oxygen atoms in total. The van der Waals surface area contributed by atoms with Crippen LogP contribution in [0.5, 0.6) is 0 Å². The van der Waals surface area contributed by atoms with Gasteiger partial charge < -0.3 is 5.32 Å². The van der Waals surface area contributed by atoms with E-state index in [9.17, 15) is 13.2 Å². The Morgan fingerprint density at radius 2 is 1.93 bits per heavy atom. The van der Waals surface area contributed by atoms with Crippen molar-refractivity contribution >= 4 is 12.4 Å². The van der Waals surface area contributed by atoms with Gasteiger partial charge in [0, 0.05) is 25.2 Å². The molecule has 0 aliphatic carbocycles. The molecule has 0 radical (unpaired) electrons. The van der Waals surface area contributed by atoms with Crippen LogP contribution in [0.25, 0.3) is 0 Å². The fraction of sp³-hybridized carbons (Fsp3) is 1.00. The minimum absolute atomic E-state index is 0. The maximum absolute atomic E-state index is 12.0. The molecule has 0 aromatic rings. The maximum atomic E-state index is 12.0. The van der Waals surface area contributed by atoms with Crippen LogP contribution in [-0.4, -0.2) is 42.8 Å². The zero-order chi connectivity index (χ0) is 10.1. The first kappa shape index (κ1) is 14.0. The summed E-state index contributed by atoms with van der Waals surface area (Å²) in [6, 6.07) is 0. The predicted octanol–water partition coefficient (Wildman–Crippen LogP) is 1.65. The Bertz CT molecular complexity index is 180. The quantitative estimate of drug-likeness (QED) is 0.740. The molecule has 1 aliphatic rings. The third-order valence-corrected chi connectivity index (χ3v) is 2.05. The minimum Gasteiger partial charge on any atom is -0.309 e. The first-order valence-corrected chi connectivity index (χ1v) is 4.33. The molecular weight excluding hydrogens is 217 g/mol. The topological polar surface area (TPSA) is 15.3 Å². The second-order valence-corrected chi connectivity index (χ2v) is 4.14. The molecule has 0 bridgehead atoms. The van der Waals surface area contributed by atoms with Crippen molar-refractivity contribution in [2.75, 3.05) is 26.2 Å². The van der Waals surface area contributed by atoms with E-state index < -0.39 is 12.7 Å². The van der Waals surface area contributed by atoms with Crippen molar-refractivity contribution < 1.29 is 13.2 Å². The Kier molecular flexibility index (Phi) is 4.68. The molecular formula is C8H16ClF3N2. The van der Waals surface area contributed by atoms with Crippen LogP contribution in [0.3, 0.4) is 0 Å². The van der Waals surface area contributed by atoms with Gasteiger partial charge in [-0.3, -0.25) is 4.90 Å². The molecule has 1 N–H and O–H groups in total. The van der Waals surface area contributed by atoms with E-state index in [1.807, 2.05) is 13.8 Å². The molecule has 1 rings (SSSR count). The van der Waals surface area contributed by atoms with E-state index >= 15 is 0 Å². The summed E-state index contributed by atoms with van der Waals surface area (Å²) in [5.41, 5.74) is -0.205. The lowest BCUT2D eigenvalue weighted by molar-refractivity contribution is -0.149. The fourth-order valence-corrected chi connectivity index (χ4v) is 1.63. The van der Waals surface area contributed by atoms with Crippen molar-refractivity contribution in [2.45, 2.75) is 25.6 Å². The molecule has 1 heterocycles. The first-order valence-electron chi connectivity index (χ1n) is 4.33. The van der Waals surface area contributed by atoms with E-state index in [1.165, 1.54) is 4.90 Å². The number of nitrogens with zero attached hydrogens (tertiary/aromatic N) is 1. The lowest BCUT2D eigenvalue weighted by atomic mass is 10.0. The van der Waals surface area contributed by atoms with Crippen molar-refractivity contribution in [3.8, 4) is 0 Å². The summed E-state index contributed by atoms with van der Waals surface area (Å²) < 4.78 is 36.1. The normalized spacial score (nSPS) is 22.9. The Morgan fingerprint density at radius 3 is 2.36 bits per heavy atom. The van der Waals surface area contributed by atoms with Gasteiger partial charge in [-0.2, -0.15) is 13.2 Å². The third kappa shape index (κ3) is 5.02. The molecule has 1 aliphatic heterocycles. The second kappa shape index (κ2) is 4.68. The Hall–Kier alpha value is 0. The van der Waals surface area contributed by atoms with Gasteiger partial charge in [-0.1, -0.05) is 0 Å². The Balaban J connectivity index is 0.00000169. The average Bonchev–Trinajstić information content (AvgIpc) is 1.79. The van der Waals surface area contributed by atoms with Gasteiger partial charge >= 0.3 is 6.18 Å². The summed E-state index contributed by atoms with van der Waals surface area (Å²) in [6.07, 6.45) is -4.08. The van der Waals surface area contributed by atoms with Gasteiger partial charge in [0.2, 0.25) is 0 Å². The monoisotopic (exact) mass is 232 g/mol. The molecule has 0 amide bonds. The molecule has 6 heteroatoms. The summed E-state index contributed by atoms with van der Waals surface area (Å²) in [7, 11) is 0. The molecule has 0 aromatic carbocycles. The molecule has 0 atom stereocenters. The molecule has 1 saturated heterocycles. The zero-order valence-electron chi connectivity index (χ0n) is 8.32. The van der Waals surface area contributed by atoms with E-state index in [2.05, 4.69) is 5.32 Å². The summed E-state index contributed by atoms with van der Waals surface area (Å²) in [5.74, 6) is 0. The van der Waals surface area contributed by atoms with Crippen molar-refractivity contribution in [3.63, 3.8) is 0 Å². The average molecular weight is 233 g/mol. The zero-order valence-corrected chi connectivity index (χ0v) is 9.13. The van der Waals surface area contributed by atoms with Crippen molar-refractivity contribution in [1.82, 2.24) is 10.2 Å². The molecule has 0 unspecified atom stereocenters. The highest BCUT2D eigenvalue weighted by Gasteiger charge is 2.34. The van der Waals surface area contributed by atoms with Crippen molar-refractivity contribution in [3.05, 3.63) is 0 Å². The van der Waals surface area contributed by atoms with E-state index in [4.69, 9.17) is 0 Å². The highest BCUT2D eigenvalue weighted by atomic mass is 35.5. The predicted molar refractivity (Wildman–Crippen MR) is 51.8 cm³/mol. The first-order chi connectivity index (χ1) is 5.79. The van der Waals surface area contributed by atoms with Gasteiger partial charge in [-0.05, 0) is 13.8 Å². The van der Waals surface area contributed by atoms with E-state index in [0.717, 1.165) is 0 Å². The number of piperazine rings is 1. The summed E-state index contributed by atoms with van der Waals surface area (Å²) in [4.78, 5) is 1.44. The summed E-state index contributed by atoms with van der Waals surface area (Å²) in [5, 5.41) is 3.17. The van der Waals surface area contributed by atoms with Gasteiger partial charge in [0.1, 0.15) is 0 Å². The van der Waals surface area contributed by atoms with Crippen LogP contribution in [0.1, 0.15) is 13.8 Å². The largest absolute Gasteiger partial charge is 0.401 e. The number of alkyl halides is 3. The smallest absolute Gasteiger partial charge is 0.309 e. The summed E-state index contributed by atoms with van der Waals surface area (Å²) >= 11 is 0. The fourth-order valence-electron chi connectivity index (χ4n) is 1.63. The molecule has 86 valence electrons. The SMILES string of the molecule is CC1(C)CN(CC(F)(F)F)CCN1.Cl. The number of halogens is 4. The van der Waals surface area contributed by atoms with Gasteiger partial charge in [0.15, 0.2) is 0 Å². The molecule has 0 spiro atoms. The lowest BCUT2D eigenvalue weighted by Crippen LogP contribution is -2.58. The van der Waals surface area contributed by atoms with E-state index in [0.29, 0.717) is 19.6 Å². The Labute approximate surface area is 88.2 Å². The van der Waals surface area contributed by atoms with Gasteiger partial charge in [-0.25, -0.2) is 0 Å². The van der Waals surface area contributed by atoms with Gasteiger partial charge in [0.25, 0.3) is 0 Å². The molecule has 0 saturated carbocycles. The van der Waals surface area contributed by atoms with Crippen molar-refractivity contribution in [2.24, 2.45) is 0 Å². The number of rotatable bonds is 1. The maximum Gasteiger partial charge on any atom is 0.401 e. The number of hydrogen-bond acceptors (Lipinski definition) is 2. The highest BCUT2D eigenvalue weighted by molar-refractivity contribution is 5.85. The number of hydrogen-bond donors (Lipinski definition) is 1. The van der Waals surface area contributed by atoms with Gasteiger partial charge in [-0.15, -0.1) is 12.4 Å². The highest BCUT2D eigenvalue weighted by Crippen LogP contribution is 2.19. The standard InChI is InChI=1S/C8H15F3N2.ClH/c1-7(2)5-13(4-3-12-7)6-8(9,10)11;/h12H,3-6H2,1-2H3;1H. The molecule has 14 heavy (non-hydrogen) atoms. The third-order valence-electron chi connectivity index (χ3n) is 2.05. The second-order valence-electron chi connectivity index (χ2n) is 4.14. The van der Waals surface area contributed by atoms with Crippen LogP contribution < -0.4 is 5.32 Å². The molecule has 1 fully saturated rings. The van der Waals surface area contributed by atoms with Crippen LogP contribution in [-0.2, 0) is 0 Å². The van der Waals surface area contributed by atoms with Crippen LogP contribution in [0.2, 0.25) is 0 Å². The van der Waals surface area contributed by atoms with E-state index in [1.54, 1.807) is 0 Å². The summed E-state index contributed by atoms with van der Waals surface area (Å²) in [6.45, 7) is 4.59. The van der Waals surface area contributed by atoms with E-state index in [-0.39, 0.29) is 17.9 Å². The number of nitrogens with one attached hydrogen (secondary N) is 1. The van der Waals surface area contributed by atoms with Gasteiger partial charge in [0.05, 0.1) is 6.54 Å². The van der Waals surface area contributed by atoms with Crippen LogP contribution in [0.15, 0.2) is 0 Å². The van der Waals surface area contributed by atoms with Crippen LogP contribution in [0, 0.1) is 0 Å². The Morgan fingerprint density at radius 1 is 1.36 bits per heavy atom. The molecule has 0 aromatic heterocycles. The minimum atomic E-state index is -4.08. The van der Waals surface area contributed by atoms with Crippen LogP contribution in [0.4, 0.5) is 13.2 Å². The van der Waals surface area contributed by atoms with Crippen molar-refractivity contribution in [1.29, 1.82) is 0 Å². The lowest BCUT2D eigenvalue weighted by Gasteiger charge is -2.39. The van der Waals surface area contributed by atoms with Crippen LogP contribution >= 0.6 is 12.4 Å².